The van der Waals surface area contributed by atoms with Crippen LogP contribution in [0.2, 0.25) is 0 Å². The molecular formula is C49H62O12. The van der Waals surface area contributed by atoms with Gasteiger partial charge in [0.15, 0.2) is 18.9 Å². The number of ether oxygens (including phenoxy) is 7. The van der Waals surface area contributed by atoms with Crippen molar-refractivity contribution >= 4 is 12.0 Å². The Morgan fingerprint density at radius 1 is 0.787 bits per heavy atom. The van der Waals surface area contributed by atoms with E-state index in [2.05, 4.69) is 6.92 Å². The van der Waals surface area contributed by atoms with Crippen molar-refractivity contribution in [3.05, 3.63) is 83.1 Å². The lowest BCUT2D eigenvalue weighted by molar-refractivity contribution is -0.313. The van der Waals surface area contributed by atoms with Crippen molar-refractivity contribution in [2.24, 2.45) is 34.5 Å². The van der Waals surface area contributed by atoms with Crippen molar-refractivity contribution in [1.82, 2.24) is 0 Å². The fraction of sp³-hybridized carbons (Fsp3) is 0.653. The number of carbonyl (C=O) groups is 1. The smallest absolute Gasteiger partial charge is 0.336 e. The van der Waals surface area contributed by atoms with E-state index in [1.54, 1.807) is 24.3 Å². The molecule has 3 saturated heterocycles. The van der Waals surface area contributed by atoms with Gasteiger partial charge in [0.2, 0.25) is 0 Å². The molecule has 10 rings (SSSR count). The summed E-state index contributed by atoms with van der Waals surface area (Å²) >= 11 is 0. The minimum atomic E-state index is -1.13. The van der Waals surface area contributed by atoms with Gasteiger partial charge in [-0.1, -0.05) is 62.4 Å². The molecule has 4 heterocycles. The number of carbonyl (C=O) groups excluding carboxylic acids is 1. The van der Waals surface area contributed by atoms with Gasteiger partial charge in [0.25, 0.3) is 0 Å². The zero-order valence-electron chi connectivity index (χ0n) is 35.6. The molecule has 0 aromatic heterocycles. The third-order valence-corrected chi connectivity index (χ3v) is 16.8. The number of allylic oxidation sites excluding steroid dienone is 1. The fourth-order valence-electron chi connectivity index (χ4n) is 13.5. The number of fused-ring (bicyclic) bond motifs is 6. The van der Waals surface area contributed by atoms with E-state index in [-0.39, 0.29) is 59.8 Å². The second kappa shape index (κ2) is 15.8. The van der Waals surface area contributed by atoms with Gasteiger partial charge in [0, 0.05) is 41.0 Å². The number of rotatable bonds is 7. The molecule has 0 amide bonds. The van der Waals surface area contributed by atoms with E-state index in [1.807, 2.05) is 57.2 Å². The molecule has 4 N–H and O–H groups in total. The van der Waals surface area contributed by atoms with Crippen LogP contribution < -0.4 is 0 Å². The minimum Gasteiger partial charge on any atom is -0.507 e. The Hall–Kier alpha value is -3.17. The molecule has 8 aliphatic rings. The van der Waals surface area contributed by atoms with Crippen LogP contribution in [-0.2, 0) is 38.0 Å². The average molecular weight is 843 g/mol. The van der Waals surface area contributed by atoms with E-state index in [0.717, 1.165) is 37.7 Å². The third kappa shape index (κ3) is 7.04. The molecule has 18 atom stereocenters. The highest BCUT2D eigenvalue weighted by molar-refractivity contribution is 5.90. The van der Waals surface area contributed by atoms with Crippen LogP contribution in [0.1, 0.15) is 109 Å². The van der Waals surface area contributed by atoms with E-state index in [4.69, 9.17) is 33.2 Å². The zero-order chi connectivity index (χ0) is 42.4. The first kappa shape index (κ1) is 41.8. The summed E-state index contributed by atoms with van der Waals surface area (Å²) in [5.74, 6) is 0.165. The highest BCUT2D eigenvalue weighted by Gasteiger charge is 2.71. The van der Waals surface area contributed by atoms with Crippen LogP contribution in [0.3, 0.4) is 0 Å². The SMILES string of the molecule is CC1O[C@@H](O[C@H]2CC[C@@]3(C)[C@H](CC[C@@H]4[C@@H]3C[C@@H](O)[C@]3(C)[C@@H](C5=CC(=O)O/C5=C\c5ccccc5O)CC[C@]43O)C2)C[C@@H](O)C1O[C@H]1C[C@H]2OC(c3ccccc3)OC2C(C)O1. The molecule has 61 heavy (non-hydrogen) atoms. The van der Waals surface area contributed by atoms with Gasteiger partial charge in [0.05, 0.1) is 42.2 Å². The number of hydrogen-bond acceptors (Lipinski definition) is 12. The molecule has 0 spiro atoms. The number of para-hydroxylation sites is 1. The fourth-order valence-corrected chi connectivity index (χ4v) is 13.5. The van der Waals surface area contributed by atoms with Crippen molar-refractivity contribution < 1.29 is 58.4 Å². The number of hydrogen-bond donors (Lipinski definition) is 4. The molecule has 2 aromatic rings. The van der Waals surface area contributed by atoms with Crippen LogP contribution in [0.5, 0.6) is 5.75 Å². The molecule has 4 aliphatic heterocycles. The lowest BCUT2D eigenvalue weighted by atomic mass is 9.42. The van der Waals surface area contributed by atoms with Gasteiger partial charge < -0.3 is 53.6 Å². The number of benzene rings is 2. The number of aliphatic hydroxyl groups is 3. The largest absolute Gasteiger partial charge is 0.507 e. The van der Waals surface area contributed by atoms with Crippen LogP contribution in [0.25, 0.3) is 6.08 Å². The van der Waals surface area contributed by atoms with Crippen LogP contribution in [0.15, 0.2) is 72.0 Å². The van der Waals surface area contributed by atoms with Gasteiger partial charge in [-0.25, -0.2) is 4.79 Å². The van der Waals surface area contributed by atoms with Gasteiger partial charge in [-0.3, -0.25) is 0 Å². The van der Waals surface area contributed by atoms with Crippen LogP contribution in [0.4, 0.5) is 0 Å². The predicted molar refractivity (Wildman–Crippen MR) is 221 cm³/mol. The van der Waals surface area contributed by atoms with Crippen LogP contribution >= 0.6 is 0 Å². The molecule has 5 unspecified atom stereocenters. The molecule has 0 radical (unpaired) electrons. The Morgan fingerprint density at radius 3 is 2.33 bits per heavy atom. The lowest BCUT2D eigenvalue weighted by Gasteiger charge is -2.65. The second-order valence-electron chi connectivity index (χ2n) is 19.9. The number of cyclic esters (lactones) is 1. The van der Waals surface area contributed by atoms with Crippen molar-refractivity contribution in [2.45, 2.75) is 165 Å². The Bertz CT molecular complexity index is 2010. The lowest BCUT2D eigenvalue weighted by Crippen LogP contribution is -2.67. The molecule has 4 aliphatic carbocycles. The average Bonchev–Trinajstić information content (AvgIpc) is 3.91. The molecule has 2 aromatic carbocycles. The maximum atomic E-state index is 12.9. The number of aliphatic hydroxyl groups excluding tert-OH is 2. The Kier molecular flexibility index (Phi) is 10.8. The van der Waals surface area contributed by atoms with Crippen molar-refractivity contribution in [3.8, 4) is 5.75 Å². The monoisotopic (exact) mass is 842 g/mol. The molecule has 4 saturated carbocycles. The van der Waals surface area contributed by atoms with E-state index in [1.165, 1.54) is 6.08 Å². The number of phenolic OH excluding ortho intramolecular Hbond substituents is 1. The van der Waals surface area contributed by atoms with Gasteiger partial charge in [-0.05, 0) is 106 Å². The summed E-state index contributed by atoms with van der Waals surface area (Å²) in [6.07, 6.45) is 5.19. The minimum absolute atomic E-state index is 0.00325. The first-order valence-corrected chi connectivity index (χ1v) is 22.7. The summed E-state index contributed by atoms with van der Waals surface area (Å²) in [5, 5.41) is 47.1. The van der Waals surface area contributed by atoms with Gasteiger partial charge in [-0.2, -0.15) is 0 Å². The molecule has 7 fully saturated rings. The maximum absolute atomic E-state index is 12.9. The topological polar surface area (TPSA) is 163 Å². The summed E-state index contributed by atoms with van der Waals surface area (Å²) in [6, 6.07) is 16.8. The predicted octanol–water partition coefficient (Wildman–Crippen LogP) is 6.84. The summed E-state index contributed by atoms with van der Waals surface area (Å²) in [7, 11) is 0. The number of esters is 1. The molecule has 0 bridgehead atoms. The van der Waals surface area contributed by atoms with Gasteiger partial charge in [-0.15, -0.1) is 0 Å². The summed E-state index contributed by atoms with van der Waals surface area (Å²) in [6.45, 7) is 8.26. The standard InChI is InChI=1S/C49H62O12/c1-26-44(60-43-25-39-45(27(2)56-43)61-46(59-39)28-10-6-5-7-11-28)37(51)24-42(55-26)57-31-16-18-47(3)30(21-31)14-15-34-35(47)23-40(52)48(4)33(17-19-49(34,48)54)32-22-41(53)58-38(32)20-29-12-8-9-13-36(29)50/h5-13,20,22,26-27,30-31,33-35,37,39-40,42-46,50-52,54H,14-19,21,23-25H2,1-4H3/b38-20-/t26?,27?,30-,31+,33-,34-,35+,37-,39-,40-,42+,43+,44?,45?,46?,47+,48+,49+/m1/s1. The maximum Gasteiger partial charge on any atom is 0.336 e. The van der Waals surface area contributed by atoms with Crippen molar-refractivity contribution in [2.75, 3.05) is 0 Å². The Morgan fingerprint density at radius 2 is 1.54 bits per heavy atom. The summed E-state index contributed by atoms with van der Waals surface area (Å²) in [4.78, 5) is 12.7. The Balaban J connectivity index is 0.763. The zero-order valence-corrected chi connectivity index (χ0v) is 35.6. The molecule has 12 heteroatoms. The van der Waals surface area contributed by atoms with Crippen molar-refractivity contribution in [3.63, 3.8) is 0 Å². The summed E-state index contributed by atoms with van der Waals surface area (Å²) < 4.78 is 43.9. The number of phenols is 1. The molecular weight excluding hydrogens is 781 g/mol. The van der Waals surface area contributed by atoms with Crippen molar-refractivity contribution in [1.29, 1.82) is 0 Å². The van der Waals surface area contributed by atoms with E-state index in [9.17, 15) is 25.2 Å². The van der Waals surface area contributed by atoms with Gasteiger partial charge in [0.1, 0.15) is 23.7 Å². The molecule has 330 valence electrons. The van der Waals surface area contributed by atoms with Gasteiger partial charge >= 0.3 is 5.97 Å². The van der Waals surface area contributed by atoms with E-state index >= 15 is 0 Å². The Labute approximate surface area is 358 Å². The third-order valence-electron chi connectivity index (χ3n) is 16.8. The first-order valence-electron chi connectivity index (χ1n) is 22.7. The molecule has 12 nitrogen and oxygen atoms in total. The quantitative estimate of drug-likeness (QED) is 0.170. The second-order valence-corrected chi connectivity index (χ2v) is 19.9. The highest BCUT2D eigenvalue weighted by Crippen LogP contribution is 2.70. The first-order chi connectivity index (χ1) is 29.2. The summed E-state index contributed by atoms with van der Waals surface area (Å²) in [5.41, 5.74) is 0.0841. The van der Waals surface area contributed by atoms with E-state index < -0.39 is 60.3 Å². The number of aromatic hydroxyl groups is 1. The normalized spacial score (nSPS) is 47.5. The van der Waals surface area contributed by atoms with Crippen LogP contribution in [-0.4, -0.2) is 93.4 Å². The highest BCUT2D eigenvalue weighted by atomic mass is 16.8. The van der Waals surface area contributed by atoms with E-state index in [0.29, 0.717) is 48.5 Å². The van der Waals surface area contributed by atoms with Crippen LogP contribution in [0, 0.1) is 34.5 Å².